The van der Waals surface area contributed by atoms with Crippen LogP contribution in [0.2, 0.25) is 0 Å². The zero-order valence-electron chi connectivity index (χ0n) is 16.1. The van der Waals surface area contributed by atoms with Crippen molar-refractivity contribution in [2.24, 2.45) is 12.0 Å². The van der Waals surface area contributed by atoms with Gasteiger partial charge >= 0.3 is 0 Å². The number of halogens is 2. The van der Waals surface area contributed by atoms with Gasteiger partial charge in [-0.15, -0.1) is 24.0 Å². The molecule has 8 heteroatoms. The quantitative estimate of drug-likeness (QED) is 0.246. The number of benzene rings is 1. The van der Waals surface area contributed by atoms with E-state index >= 15 is 0 Å². The van der Waals surface area contributed by atoms with Crippen molar-refractivity contribution in [3.05, 3.63) is 48.0 Å². The molecule has 1 unspecified atom stereocenters. The Morgan fingerprint density at radius 3 is 2.81 bits per heavy atom. The summed E-state index contributed by atoms with van der Waals surface area (Å²) < 4.78 is 20.9. The maximum Gasteiger partial charge on any atom is 0.191 e. The van der Waals surface area contributed by atoms with Crippen molar-refractivity contribution in [2.75, 3.05) is 20.1 Å². The highest BCUT2D eigenvalue weighted by Crippen LogP contribution is 2.14. The van der Waals surface area contributed by atoms with Crippen LogP contribution in [0, 0.1) is 5.82 Å². The van der Waals surface area contributed by atoms with Crippen molar-refractivity contribution in [1.29, 1.82) is 0 Å². The van der Waals surface area contributed by atoms with Gasteiger partial charge in [0, 0.05) is 32.9 Å². The summed E-state index contributed by atoms with van der Waals surface area (Å²) in [6.07, 6.45) is 6.62. The predicted molar refractivity (Wildman–Crippen MR) is 117 cm³/mol. The number of guanidine groups is 1. The summed E-state index contributed by atoms with van der Waals surface area (Å²) in [5.41, 5.74) is 1.23. The summed E-state index contributed by atoms with van der Waals surface area (Å²) in [6, 6.07) is 6.21. The topological polar surface area (TPSA) is 63.5 Å². The zero-order chi connectivity index (χ0) is 18.8. The van der Waals surface area contributed by atoms with E-state index in [0.29, 0.717) is 12.3 Å². The minimum absolute atomic E-state index is 0. The first-order chi connectivity index (χ1) is 12.6. The summed E-state index contributed by atoms with van der Waals surface area (Å²) >= 11 is 0. The lowest BCUT2D eigenvalue weighted by molar-refractivity contribution is 0.199. The third-order valence-corrected chi connectivity index (χ3v) is 3.97. The van der Waals surface area contributed by atoms with Crippen LogP contribution in [0.3, 0.4) is 0 Å². The number of aryl methyl sites for hydroxylation is 2. The SMILES string of the molecule is CCC(CNC(=NC)NCCCc1cnn(C)c1)Oc1cccc(F)c1.I. The minimum atomic E-state index is -0.295. The van der Waals surface area contributed by atoms with Crippen molar-refractivity contribution in [2.45, 2.75) is 32.3 Å². The lowest BCUT2D eigenvalue weighted by Gasteiger charge is -2.20. The van der Waals surface area contributed by atoms with E-state index in [9.17, 15) is 4.39 Å². The normalized spacial score (nSPS) is 12.2. The summed E-state index contributed by atoms with van der Waals surface area (Å²) in [5, 5.41) is 10.7. The van der Waals surface area contributed by atoms with E-state index in [1.54, 1.807) is 19.2 Å². The Kier molecular flexibility index (Phi) is 10.8. The van der Waals surface area contributed by atoms with Gasteiger partial charge in [-0.1, -0.05) is 13.0 Å². The molecule has 2 rings (SSSR count). The number of aliphatic imine (C=N–C) groups is 1. The number of rotatable bonds is 9. The van der Waals surface area contributed by atoms with Gasteiger partial charge in [0.25, 0.3) is 0 Å². The summed E-state index contributed by atoms with van der Waals surface area (Å²) in [4.78, 5) is 4.23. The van der Waals surface area contributed by atoms with Crippen LogP contribution < -0.4 is 15.4 Å². The van der Waals surface area contributed by atoms with Crippen molar-refractivity contribution in [1.82, 2.24) is 20.4 Å². The highest BCUT2D eigenvalue weighted by molar-refractivity contribution is 14.0. The zero-order valence-corrected chi connectivity index (χ0v) is 18.4. The molecule has 0 aliphatic carbocycles. The van der Waals surface area contributed by atoms with E-state index < -0.39 is 0 Å². The van der Waals surface area contributed by atoms with Gasteiger partial charge in [0.15, 0.2) is 5.96 Å². The van der Waals surface area contributed by atoms with E-state index in [0.717, 1.165) is 31.8 Å². The van der Waals surface area contributed by atoms with Crippen LogP contribution in [0.25, 0.3) is 0 Å². The Labute approximate surface area is 177 Å². The number of hydrogen-bond donors (Lipinski definition) is 2. The van der Waals surface area contributed by atoms with Crippen LogP contribution in [-0.2, 0) is 13.5 Å². The van der Waals surface area contributed by atoms with Crippen molar-refractivity contribution < 1.29 is 9.13 Å². The number of nitrogens with zero attached hydrogens (tertiary/aromatic N) is 3. The molecule has 150 valence electrons. The molecule has 2 aromatic rings. The van der Waals surface area contributed by atoms with Crippen molar-refractivity contribution in [3.63, 3.8) is 0 Å². The van der Waals surface area contributed by atoms with Gasteiger partial charge in [0.2, 0.25) is 0 Å². The fourth-order valence-electron chi connectivity index (χ4n) is 2.53. The average Bonchev–Trinajstić information content (AvgIpc) is 3.05. The molecule has 1 heterocycles. The van der Waals surface area contributed by atoms with Crippen molar-refractivity contribution in [3.8, 4) is 5.75 Å². The van der Waals surface area contributed by atoms with E-state index in [1.807, 2.05) is 31.0 Å². The third-order valence-electron chi connectivity index (χ3n) is 3.97. The molecule has 2 N–H and O–H groups in total. The van der Waals surface area contributed by atoms with Crippen LogP contribution in [0.5, 0.6) is 5.75 Å². The summed E-state index contributed by atoms with van der Waals surface area (Å²) in [5.74, 6) is 0.979. The second kappa shape index (κ2) is 12.5. The molecule has 0 aliphatic rings. The molecular weight excluding hydrogens is 460 g/mol. The molecule has 0 spiro atoms. The van der Waals surface area contributed by atoms with E-state index in [4.69, 9.17) is 4.74 Å². The Balaban J connectivity index is 0.00000364. The number of nitrogens with one attached hydrogen (secondary N) is 2. The molecule has 0 bridgehead atoms. The predicted octanol–water partition coefficient (Wildman–Crippen LogP) is 3.13. The monoisotopic (exact) mass is 489 g/mol. The Hall–Kier alpha value is -1.84. The molecule has 1 atom stereocenters. The maximum absolute atomic E-state index is 13.3. The van der Waals surface area contributed by atoms with Gasteiger partial charge in [0.1, 0.15) is 17.7 Å². The summed E-state index contributed by atoms with van der Waals surface area (Å²) in [7, 11) is 3.66. The molecule has 0 saturated heterocycles. The summed E-state index contributed by atoms with van der Waals surface area (Å²) in [6.45, 7) is 3.45. The third kappa shape index (κ3) is 8.59. The Bertz CT molecular complexity index is 707. The first-order valence-corrected chi connectivity index (χ1v) is 8.95. The highest BCUT2D eigenvalue weighted by Gasteiger charge is 2.10. The lowest BCUT2D eigenvalue weighted by Crippen LogP contribution is -2.42. The molecule has 0 radical (unpaired) electrons. The molecule has 6 nitrogen and oxygen atoms in total. The fourth-order valence-corrected chi connectivity index (χ4v) is 2.53. The smallest absolute Gasteiger partial charge is 0.191 e. The first kappa shape index (κ1) is 23.2. The first-order valence-electron chi connectivity index (χ1n) is 8.95. The second-order valence-corrected chi connectivity index (χ2v) is 6.11. The van der Waals surface area contributed by atoms with Gasteiger partial charge in [-0.25, -0.2) is 4.39 Å². The van der Waals surface area contributed by atoms with E-state index in [-0.39, 0.29) is 35.9 Å². The molecule has 0 saturated carbocycles. The van der Waals surface area contributed by atoms with Gasteiger partial charge in [-0.05, 0) is 37.0 Å². The van der Waals surface area contributed by atoms with Crippen LogP contribution in [0.1, 0.15) is 25.3 Å². The minimum Gasteiger partial charge on any atom is -0.489 e. The number of ether oxygens (including phenoxy) is 1. The van der Waals surface area contributed by atoms with Gasteiger partial charge in [0.05, 0.1) is 12.7 Å². The van der Waals surface area contributed by atoms with Gasteiger partial charge < -0.3 is 15.4 Å². The van der Waals surface area contributed by atoms with Gasteiger partial charge in [-0.2, -0.15) is 5.10 Å². The van der Waals surface area contributed by atoms with Crippen LogP contribution in [0.4, 0.5) is 4.39 Å². The Morgan fingerprint density at radius 2 is 2.19 bits per heavy atom. The molecule has 1 aromatic heterocycles. The van der Waals surface area contributed by atoms with Crippen LogP contribution >= 0.6 is 24.0 Å². The molecule has 1 aromatic carbocycles. The Morgan fingerprint density at radius 1 is 1.37 bits per heavy atom. The molecule has 27 heavy (non-hydrogen) atoms. The number of hydrogen-bond acceptors (Lipinski definition) is 3. The molecule has 0 amide bonds. The van der Waals surface area contributed by atoms with Crippen LogP contribution in [-0.4, -0.2) is 42.0 Å². The second-order valence-electron chi connectivity index (χ2n) is 6.11. The van der Waals surface area contributed by atoms with E-state index in [1.165, 1.54) is 17.7 Å². The lowest BCUT2D eigenvalue weighted by atomic mass is 10.2. The fraction of sp³-hybridized carbons (Fsp3) is 0.474. The number of aromatic nitrogens is 2. The van der Waals surface area contributed by atoms with Crippen LogP contribution in [0.15, 0.2) is 41.7 Å². The highest BCUT2D eigenvalue weighted by atomic mass is 127. The maximum atomic E-state index is 13.3. The molecule has 0 fully saturated rings. The van der Waals surface area contributed by atoms with Gasteiger partial charge in [-0.3, -0.25) is 9.67 Å². The van der Waals surface area contributed by atoms with E-state index in [2.05, 4.69) is 20.7 Å². The standard InChI is InChI=1S/C19H28FN5O.HI/c1-4-17(26-18-9-5-8-16(20)11-18)13-23-19(21-2)22-10-6-7-15-12-24-25(3)14-15;/h5,8-9,11-12,14,17H,4,6-7,10,13H2,1-3H3,(H2,21,22,23);1H. The molecule has 0 aliphatic heterocycles. The molecular formula is C19H29FIN5O. The largest absolute Gasteiger partial charge is 0.489 e. The average molecular weight is 489 g/mol. The van der Waals surface area contributed by atoms with Crippen molar-refractivity contribution >= 4 is 29.9 Å².